The van der Waals surface area contributed by atoms with Crippen LogP contribution in [-0.4, -0.2) is 25.7 Å². The van der Waals surface area contributed by atoms with Gasteiger partial charge in [0.25, 0.3) is 0 Å². The van der Waals surface area contributed by atoms with Crippen LogP contribution >= 0.6 is 0 Å². The van der Waals surface area contributed by atoms with Crippen molar-refractivity contribution >= 4 is 17.0 Å². The van der Waals surface area contributed by atoms with E-state index in [1.807, 2.05) is 131 Å². The second-order valence-electron chi connectivity index (χ2n) is 12.8. The summed E-state index contributed by atoms with van der Waals surface area (Å²) in [5.74, 6) is 0.427. The first-order chi connectivity index (χ1) is 23.1. The van der Waals surface area contributed by atoms with Crippen molar-refractivity contribution in [1.82, 2.24) is 14.1 Å². The molecule has 0 radical (unpaired) electrons. The van der Waals surface area contributed by atoms with Crippen molar-refractivity contribution in [1.29, 1.82) is 0 Å². The molecule has 8 heteroatoms. The lowest BCUT2D eigenvalue weighted by molar-refractivity contribution is -0.153. The lowest BCUT2D eigenvalue weighted by atomic mass is 9.97. The Hall–Kier alpha value is -5.63. The van der Waals surface area contributed by atoms with Crippen LogP contribution in [0.15, 0.2) is 114 Å². The van der Waals surface area contributed by atoms with Gasteiger partial charge in [-0.2, -0.15) is 4.98 Å². The van der Waals surface area contributed by atoms with Gasteiger partial charge < -0.3 is 14.2 Å². The third kappa shape index (κ3) is 7.33. The molecule has 0 atom stereocenters. The largest absolute Gasteiger partial charge is 0.473 e. The summed E-state index contributed by atoms with van der Waals surface area (Å²) >= 11 is 0. The van der Waals surface area contributed by atoms with Crippen molar-refractivity contribution in [2.75, 3.05) is 0 Å². The molecule has 6 rings (SSSR count). The number of hydrogen-bond acceptors (Lipinski definition) is 6. The number of ether oxygens (including phenoxy) is 3. The van der Waals surface area contributed by atoms with Gasteiger partial charge in [-0.05, 0) is 79.3 Å². The molecule has 0 bridgehead atoms. The van der Waals surface area contributed by atoms with E-state index in [9.17, 15) is 9.59 Å². The first-order valence-electron chi connectivity index (χ1n) is 15.9. The number of rotatable bonds is 10. The maximum absolute atomic E-state index is 13.8. The molecule has 0 saturated heterocycles. The van der Waals surface area contributed by atoms with Gasteiger partial charge in [-0.25, -0.2) is 4.79 Å². The van der Waals surface area contributed by atoms with Crippen LogP contribution < -0.4 is 15.2 Å². The fourth-order valence-corrected chi connectivity index (χ4v) is 5.67. The van der Waals surface area contributed by atoms with Gasteiger partial charge >= 0.3 is 11.7 Å². The number of fused-ring (bicyclic) bond motifs is 1. The number of carbonyl (C=O) groups excluding carboxylic acids is 1. The lowest BCUT2D eigenvalue weighted by Gasteiger charge is -2.19. The summed E-state index contributed by atoms with van der Waals surface area (Å²) in [6.45, 7) is 8.23. The molecule has 6 aromatic rings. The zero-order chi connectivity index (χ0) is 33.8. The molecule has 48 heavy (non-hydrogen) atoms. The molecule has 0 aliphatic carbocycles. The van der Waals surface area contributed by atoms with Gasteiger partial charge in [0.15, 0.2) is 0 Å². The smallest absolute Gasteiger partial charge is 0.333 e. The number of aryl methyl sites for hydroxylation is 2. The predicted octanol–water partition coefficient (Wildman–Crippen LogP) is 7.74. The van der Waals surface area contributed by atoms with Crippen molar-refractivity contribution in [2.24, 2.45) is 7.05 Å². The maximum Gasteiger partial charge on any atom is 0.333 e. The van der Waals surface area contributed by atoms with Crippen LogP contribution in [0.2, 0.25) is 0 Å². The summed E-state index contributed by atoms with van der Waals surface area (Å²) in [5, 5.41) is 0. The topological polar surface area (TPSA) is 84.6 Å². The van der Waals surface area contributed by atoms with Crippen molar-refractivity contribution < 1.29 is 19.0 Å². The molecule has 8 nitrogen and oxygen atoms in total. The molecule has 2 heterocycles. The quantitative estimate of drug-likeness (QED) is 0.142. The zero-order valence-corrected chi connectivity index (χ0v) is 27.9. The summed E-state index contributed by atoms with van der Waals surface area (Å²) in [6, 6.07) is 35.2. The Morgan fingerprint density at radius 2 is 1.42 bits per heavy atom. The van der Waals surface area contributed by atoms with Crippen molar-refractivity contribution in [2.45, 2.75) is 52.9 Å². The molecule has 0 saturated carbocycles. The van der Waals surface area contributed by atoms with Crippen LogP contribution in [0, 0.1) is 6.92 Å². The third-order valence-corrected chi connectivity index (χ3v) is 7.93. The van der Waals surface area contributed by atoms with Crippen LogP contribution in [0.25, 0.3) is 27.8 Å². The van der Waals surface area contributed by atoms with Gasteiger partial charge in [0, 0.05) is 13.1 Å². The Bertz CT molecular complexity index is 2130. The van der Waals surface area contributed by atoms with E-state index in [0.717, 1.165) is 44.4 Å². The monoisotopic (exact) mass is 641 g/mol. The maximum atomic E-state index is 13.8. The van der Waals surface area contributed by atoms with Crippen LogP contribution in [0.4, 0.5) is 0 Å². The molecule has 0 aliphatic heterocycles. The highest BCUT2D eigenvalue weighted by Gasteiger charge is 2.20. The SMILES string of the molecule is Cc1cc(CC(=O)OC(C)(C)C)ccc1-c1ccc2c(c1)n(C)c(=O)n2-c1ccc(OCc2ccccc2)nc1OCc1ccccc1. The summed E-state index contributed by atoms with van der Waals surface area (Å²) in [7, 11) is 1.76. The third-order valence-electron chi connectivity index (χ3n) is 7.93. The molecule has 0 amide bonds. The number of benzene rings is 4. The molecule has 2 aromatic heterocycles. The van der Waals surface area contributed by atoms with E-state index >= 15 is 0 Å². The van der Waals surface area contributed by atoms with Gasteiger partial charge in [-0.3, -0.25) is 13.9 Å². The van der Waals surface area contributed by atoms with E-state index < -0.39 is 5.60 Å². The standard InChI is InChI=1S/C40H39N3O5/c1-27-22-30(23-37(44)48-40(2,3)4)16-18-32(27)31-17-19-33-35(24-31)42(5)39(45)43(33)34-20-21-36(46-25-28-12-8-6-9-13-28)41-38(34)47-26-29-14-10-7-11-15-29/h6-22,24H,23,25-26H2,1-5H3. The molecular weight excluding hydrogens is 602 g/mol. The fraction of sp³-hybridized carbons (Fsp3) is 0.225. The molecule has 0 N–H and O–H groups in total. The van der Waals surface area contributed by atoms with E-state index in [-0.39, 0.29) is 24.7 Å². The van der Waals surface area contributed by atoms with Crippen LogP contribution in [0.1, 0.15) is 43.0 Å². The minimum Gasteiger partial charge on any atom is -0.473 e. The molecule has 0 aliphatic rings. The summed E-state index contributed by atoms with van der Waals surface area (Å²) in [4.78, 5) is 31.0. The van der Waals surface area contributed by atoms with Crippen LogP contribution in [-0.2, 0) is 36.2 Å². The first kappa shape index (κ1) is 32.3. The van der Waals surface area contributed by atoms with E-state index in [0.29, 0.717) is 24.1 Å². The number of esters is 1. The Morgan fingerprint density at radius 1 is 0.750 bits per heavy atom. The van der Waals surface area contributed by atoms with Crippen molar-refractivity contribution in [3.05, 3.63) is 142 Å². The zero-order valence-electron chi connectivity index (χ0n) is 27.9. The fourth-order valence-electron chi connectivity index (χ4n) is 5.67. The van der Waals surface area contributed by atoms with E-state index in [1.165, 1.54) is 0 Å². The average Bonchev–Trinajstić information content (AvgIpc) is 3.31. The highest BCUT2D eigenvalue weighted by molar-refractivity contribution is 5.85. The second-order valence-corrected chi connectivity index (χ2v) is 12.8. The Morgan fingerprint density at radius 3 is 2.06 bits per heavy atom. The van der Waals surface area contributed by atoms with Crippen molar-refractivity contribution in [3.63, 3.8) is 0 Å². The molecule has 0 fully saturated rings. The van der Waals surface area contributed by atoms with Gasteiger partial charge in [0.2, 0.25) is 11.8 Å². The van der Waals surface area contributed by atoms with Gasteiger partial charge in [-0.1, -0.05) is 84.9 Å². The number of nitrogens with zero attached hydrogens (tertiary/aromatic N) is 3. The van der Waals surface area contributed by atoms with Gasteiger partial charge in [-0.15, -0.1) is 0 Å². The highest BCUT2D eigenvalue weighted by atomic mass is 16.6. The number of imidazole rings is 1. The lowest BCUT2D eigenvalue weighted by Crippen LogP contribution is -2.24. The van der Waals surface area contributed by atoms with Crippen LogP contribution in [0.5, 0.6) is 11.8 Å². The predicted molar refractivity (Wildman–Crippen MR) is 188 cm³/mol. The minimum atomic E-state index is -0.531. The summed E-state index contributed by atoms with van der Waals surface area (Å²) in [5.41, 5.74) is 7.11. The summed E-state index contributed by atoms with van der Waals surface area (Å²) < 4.78 is 21.0. The highest BCUT2D eigenvalue weighted by Crippen LogP contribution is 2.31. The molecule has 0 unspecified atom stereocenters. The second kappa shape index (κ2) is 13.6. The molecule has 244 valence electrons. The minimum absolute atomic E-state index is 0.202. The molecule has 4 aromatic carbocycles. The Kier molecular flexibility index (Phi) is 9.17. The Labute approximate surface area is 280 Å². The van der Waals surface area contributed by atoms with Crippen molar-refractivity contribution in [3.8, 4) is 28.6 Å². The number of hydrogen-bond donors (Lipinski definition) is 0. The Balaban J connectivity index is 1.33. The summed E-state index contributed by atoms with van der Waals surface area (Å²) in [6.07, 6.45) is 0.202. The number of pyridine rings is 1. The van der Waals surface area contributed by atoms with E-state index in [2.05, 4.69) is 0 Å². The van der Waals surface area contributed by atoms with Crippen LogP contribution in [0.3, 0.4) is 0 Å². The van der Waals surface area contributed by atoms with E-state index in [1.54, 1.807) is 22.2 Å². The van der Waals surface area contributed by atoms with Gasteiger partial charge in [0.05, 0.1) is 17.5 Å². The number of carbonyl (C=O) groups is 1. The van der Waals surface area contributed by atoms with E-state index in [4.69, 9.17) is 19.2 Å². The molecule has 0 spiro atoms. The first-order valence-corrected chi connectivity index (χ1v) is 15.9. The normalized spacial score (nSPS) is 11.4. The number of aromatic nitrogens is 3. The average molecular weight is 642 g/mol. The van der Waals surface area contributed by atoms with Gasteiger partial charge in [0.1, 0.15) is 24.5 Å². The molecular formula is C40H39N3O5.